The minimum absolute atomic E-state index is 0.155. The Labute approximate surface area is 136 Å². The first kappa shape index (κ1) is 15.2. The molecule has 0 spiro atoms. The van der Waals surface area contributed by atoms with Gasteiger partial charge in [0.15, 0.2) is 0 Å². The van der Waals surface area contributed by atoms with Gasteiger partial charge in [0.2, 0.25) is 5.91 Å². The average molecular weight is 337 g/mol. The van der Waals surface area contributed by atoms with Gasteiger partial charge >= 0.3 is 6.03 Å². The summed E-state index contributed by atoms with van der Waals surface area (Å²) in [5.41, 5.74) is 4.08. The largest absolute Gasteiger partial charge is 0.343 e. The summed E-state index contributed by atoms with van der Waals surface area (Å²) < 4.78 is 0.424. The lowest BCUT2D eigenvalue weighted by Gasteiger charge is -2.21. The SMILES string of the molecule is O=C1CN(NC(=O)c2ccc(C3SCCCS3)cc2)C(=O)N1. The van der Waals surface area contributed by atoms with E-state index in [1.807, 2.05) is 35.7 Å². The van der Waals surface area contributed by atoms with Crippen LogP contribution in [0.5, 0.6) is 0 Å². The van der Waals surface area contributed by atoms with Crippen LogP contribution in [0.15, 0.2) is 24.3 Å². The van der Waals surface area contributed by atoms with Crippen LogP contribution in [0.1, 0.15) is 26.9 Å². The molecule has 0 aromatic heterocycles. The molecule has 1 aromatic carbocycles. The monoisotopic (exact) mass is 337 g/mol. The average Bonchev–Trinajstić information content (AvgIpc) is 2.86. The first-order valence-electron chi connectivity index (χ1n) is 6.89. The maximum atomic E-state index is 12.1. The highest BCUT2D eigenvalue weighted by Gasteiger charge is 2.28. The molecule has 0 radical (unpaired) electrons. The third-order valence-corrected chi connectivity index (χ3v) is 6.32. The van der Waals surface area contributed by atoms with Crippen LogP contribution in [0, 0.1) is 0 Å². The minimum atomic E-state index is -0.607. The molecule has 2 aliphatic rings. The van der Waals surface area contributed by atoms with Crippen molar-refractivity contribution in [3.8, 4) is 0 Å². The number of nitrogens with zero attached hydrogens (tertiary/aromatic N) is 1. The van der Waals surface area contributed by atoms with Gasteiger partial charge in [0, 0.05) is 5.56 Å². The first-order valence-corrected chi connectivity index (χ1v) is 8.99. The Morgan fingerprint density at radius 2 is 1.86 bits per heavy atom. The smallest absolute Gasteiger partial charge is 0.275 e. The third-order valence-electron chi connectivity index (χ3n) is 3.30. The van der Waals surface area contributed by atoms with Gasteiger partial charge in [-0.3, -0.25) is 20.3 Å². The summed E-state index contributed by atoms with van der Waals surface area (Å²) in [5.74, 6) is 1.50. The predicted molar refractivity (Wildman–Crippen MR) is 86.4 cm³/mol. The summed E-state index contributed by atoms with van der Waals surface area (Å²) in [4.78, 5) is 34.5. The molecule has 2 aliphatic heterocycles. The van der Waals surface area contributed by atoms with Crippen molar-refractivity contribution in [1.29, 1.82) is 0 Å². The number of benzene rings is 1. The highest BCUT2D eigenvalue weighted by molar-refractivity contribution is 8.16. The summed E-state index contributed by atoms with van der Waals surface area (Å²) in [6.07, 6.45) is 1.24. The van der Waals surface area contributed by atoms with Crippen LogP contribution >= 0.6 is 23.5 Å². The Bertz CT molecular complexity index is 600. The molecule has 2 heterocycles. The topological polar surface area (TPSA) is 78.5 Å². The number of imide groups is 1. The number of hydrogen-bond donors (Lipinski definition) is 2. The summed E-state index contributed by atoms with van der Waals surface area (Å²) in [6.45, 7) is -0.155. The van der Waals surface area contributed by atoms with Crippen molar-refractivity contribution in [2.24, 2.45) is 0 Å². The first-order chi connectivity index (χ1) is 10.6. The van der Waals surface area contributed by atoms with Gasteiger partial charge < -0.3 is 0 Å². The molecule has 0 aliphatic carbocycles. The number of carbonyl (C=O) groups is 3. The van der Waals surface area contributed by atoms with Crippen molar-refractivity contribution in [1.82, 2.24) is 15.8 Å². The number of carbonyl (C=O) groups excluding carboxylic acids is 3. The Hall–Kier alpha value is -1.67. The Morgan fingerprint density at radius 3 is 2.45 bits per heavy atom. The van der Waals surface area contributed by atoms with Crippen LogP contribution in [0.25, 0.3) is 0 Å². The number of urea groups is 1. The molecule has 0 bridgehead atoms. The third kappa shape index (κ3) is 3.38. The number of hydrazine groups is 1. The number of nitrogens with one attached hydrogen (secondary N) is 2. The summed E-state index contributed by atoms with van der Waals surface area (Å²) in [6, 6.07) is 6.78. The number of amides is 4. The van der Waals surface area contributed by atoms with E-state index in [0.29, 0.717) is 10.1 Å². The number of rotatable bonds is 3. The van der Waals surface area contributed by atoms with Crippen molar-refractivity contribution in [2.75, 3.05) is 18.1 Å². The van der Waals surface area contributed by atoms with Gasteiger partial charge in [-0.05, 0) is 35.6 Å². The van der Waals surface area contributed by atoms with Gasteiger partial charge in [0.05, 0.1) is 4.58 Å². The molecule has 4 amide bonds. The molecule has 0 unspecified atom stereocenters. The van der Waals surface area contributed by atoms with E-state index in [0.717, 1.165) is 16.5 Å². The Balaban J connectivity index is 1.63. The summed E-state index contributed by atoms with van der Waals surface area (Å²) in [7, 11) is 0. The Morgan fingerprint density at radius 1 is 1.18 bits per heavy atom. The van der Waals surface area contributed by atoms with E-state index in [2.05, 4.69) is 10.7 Å². The van der Waals surface area contributed by atoms with E-state index < -0.39 is 17.8 Å². The van der Waals surface area contributed by atoms with E-state index in [-0.39, 0.29) is 6.54 Å². The molecular formula is C14H15N3O3S2. The molecule has 3 rings (SSSR count). The van der Waals surface area contributed by atoms with Crippen LogP contribution in [-0.2, 0) is 4.79 Å². The zero-order chi connectivity index (χ0) is 15.5. The quantitative estimate of drug-likeness (QED) is 0.822. The minimum Gasteiger partial charge on any atom is -0.275 e. The van der Waals surface area contributed by atoms with Crippen molar-refractivity contribution in [3.63, 3.8) is 0 Å². The van der Waals surface area contributed by atoms with Crippen LogP contribution in [0.4, 0.5) is 4.79 Å². The lowest BCUT2D eigenvalue weighted by Crippen LogP contribution is -2.44. The van der Waals surface area contributed by atoms with Crippen LogP contribution in [0.3, 0.4) is 0 Å². The molecule has 2 N–H and O–H groups in total. The Kier molecular flexibility index (Phi) is 4.58. The fraction of sp³-hybridized carbons (Fsp3) is 0.357. The molecule has 2 fully saturated rings. The predicted octanol–water partition coefficient (Wildman–Crippen LogP) is 1.75. The zero-order valence-corrected chi connectivity index (χ0v) is 13.3. The molecule has 0 atom stereocenters. The molecule has 116 valence electrons. The van der Waals surface area contributed by atoms with Crippen LogP contribution in [0.2, 0.25) is 0 Å². The summed E-state index contributed by atoms with van der Waals surface area (Å²) >= 11 is 3.84. The van der Waals surface area contributed by atoms with E-state index in [1.165, 1.54) is 12.0 Å². The summed E-state index contributed by atoms with van der Waals surface area (Å²) in [5, 5.41) is 3.08. The van der Waals surface area contributed by atoms with Crippen molar-refractivity contribution in [3.05, 3.63) is 35.4 Å². The maximum Gasteiger partial charge on any atom is 0.343 e. The molecule has 22 heavy (non-hydrogen) atoms. The van der Waals surface area contributed by atoms with Crippen LogP contribution < -0.4 is 10.7 Å². The maximum absolute atomic E-state index is 12.1. The van der Waals surface area contributed by atoms with E-state index in [1.54, 1.807) is 12.1 Å². The van der Waals surface area contributed by atoms with E-state index in [4.69, 9.17) is 0 Å². The lowest BCUT2D eigenvalue weighted by molar-refractivity contribution is -0.118. The number of hydrogen-bond acceptors (Lipinski definition) is 5. The van der Waals surface area contributed by atoms with Gasteiger partial charge in [-0.2, -0.15) is 0 Å². The fourth-order valence-corrected chi connectivity index (χ4v) is 5.09. The molecule has 6 nitrogen and oxygen atoms in total. The second-order valence-corrected chi connectivity index (χ2v) is 7.65. The molecule has 2 saturated heterocycles. The van der Waals surface area contributed by atoms with E-state index >= 15 is 0 Å². The highest BCUT2D eigenvalue weighted by atomic mass is 32.2. The standard InChI is InChI=1S/C14H15N3O3S2/c18-11-8-17(14(20)15-11)16-12(19)9-2-4-10(5-3-9)13-21-6-1-7-22-13/h2-5,13H,1,6-8H2,(H,16,19)(H,15,18,20). The van der Waals surface area contributed by atoms with E-state index in [9.17, 15) is 14.4 Å². The van der Waals surface area contributed by atoms with Gasteiger partial charge in [0.1, 0.15) is 6.54 Å². The molecule has 1 aromatic rings. The van der Waals surface area contributed by atoms with Gasteiger partial charge in [-0.1, -0.05) is 12.1 Å². The fourth-order valence-electron chi connectivity index (χ4n) is 2.19. The van der Waals surface area contributed by atoms with Crippen molar-refractivity contribution < 1.29 is 14.4 Å². The molecule has 8 heteroatoms. The second kappa shape index (κ2) is 6.62. The highest BCUT2D eigenvalue weighted by Crippen LogP contribution is 2.43. The van der Waals surface area contributed by atoms with Gasteiger partial charge in [-0.15, -0.1) is 23.5 Å². The van der Waals surface area contributed by atoms with Crippen LogP contribution in [-0.4, -0.2) is 40.9 Å². The van der Waals surface area contributed by atoms with Gasteiger partial charge in [0.25, 0.3) is 5.91 Å². The van der Waals surface area contributed by atoms with Crippen molar-refractivity contribution >= 4 is 41.4 Å². The van der Waals surface area contributed by atoms with Crippen molar-refractivity contribution in [2.45, 2.75) is 11.0 Å². The zero-order valence-electron chi connectivity index (χ0n) is 11.7. The normalized spacial score (nSPS) is 19.2. The molecular weight excluding hydrogens is 322 g/mol. The molecule has 0 saturated carbocycles. The second-order valence-electron chi connectivity index (χ2n) is 4.93. The van der Waals surface area contributed by atoms with Gasteiger partial charge in [-0.25, -0.2) is 9.80 Å². The number of thioether (sulfide) groups is 2. The lowest BCUT2D eigenvalue weighted by atomic mass is 10.1.